The largest absolute Gasteiger partial charge is 0.0622 e. The van der Waals surface area contributed by atoms with Crippen molar-refractivity contribution in [3.05, 3.63) is 107 Å². The van der Waals surface area contributed by atoms with Crippen LogP contribution in [0.2, 0.25) is 0 Å². The molecule has 3 aromatic rings. The van der Waals surface area contributed by atoms with Crippen molar-refractivity contribution < 1.29 is 0 Å². The molecular weight excluding hydrogens is 276 g/mol. The van der Waals surface area contributed by atoms with Gasteiger partial charge in [0.05, 0.1) is 0 Å². The number of rotatable bonds is 4. The highest BCUT2D eigenvalue weighted by molar-refractivity contribution is 5.42. The highest BCUT2D eigenvalue weighted by atomic mass is 14.3. The standard InChI is InChI=1S/C23H24/c1-18-9-13-21(14-10-18)23(3,17-20-7-5-4-6-8-20)22-15-11-19(2)12-16-22/h4-16H,17H2,1-3H3. The second-order valence-electron chi connectivity index (χ2n) is 6.73. The highest BCUT2D eigenvalue weighted by Gasteiger charge is 2.29. The Morgan fingerprint density at radius 1 is 0.609 bits per heavy atom. The van der Waals surface area contributed by atoms with Gasteiger partial charge in [-0.3, -0.25) is 0 Å². The summed E-state index contributed by atoms with van der Waals surface area (Å²) >= 11 is 0. The van der Waals surface area contributed by atoms with Crippen molar-refractivity contribution in [1.29, 1.82) is 0 Å². The summed E-state index contributed by atoms with van der Waals surface area (Å²) in [6.07, 6.45) is 1.000. The minimum absolute atomic E-state index is 0.0250. The molecule has 0 saturated heterocycles. The van der Waals surface area contributed by atoms with Crippen LogP contribution in [-0.4, -0.2) is 0 Å². The van der Waals surface area contributed by atoms with Crippen molar-refractivity contribution in [2.24, 2.45) is 0 Å². The molecule has 0 unspecified atom stereocenters. The minimum Gasteiger partial charge on any atom is -0.0622 e. The van der Waals surface area contributed by atoms with Gasteiger partial charge in [0.2, 0.25) is 0 Å². The Bertz CT molecular complexity index is 704. The van der Waals surface area contributed by atoms with E-state index in [9.17, 15) is 0 Å². The van der Waals surface area contributed by atoms with E-state index in [1.807, 2.05) is 0 Å². The maximum Gasteiger partial charge on any atom is 0.0215 e. The summed E-state index contributed by atoms with van der Waals surface area (Å²) < 4.78 is 0. The first-order valence-electron chi connectivity index (χ1n) is 8.26. The third kappa shape index (κ3) is 3.37. The molecule has 0 heterocycles. The summed E-state index contributed by atoms with van der Waals surface area (Å²) in [5.74, 6) is 0. The molecule has 3 aromatic carbocycles. The Morgan fingerprint density at radius 3 is 1.48 bits per heavy atom. The van der Waals surface area contributed by atoms with Gasteiger partial charge in [-0.2, -0.15) is 0 Å². The molecule has 0 aliphatic carbocycles. The molecule has 3 rings (SSSR count). The van der Waals surface area contributed by atoms with Crippen molar-refractivity contribution >= 4 is 0 Å². The molecule has 0 aromatic heterocycles. The molecule has 0 fully saturated rings. The van der Waals surface area contributed by atoms with Gasteiger partial charge in [0.1, 0.15) is 0 Å². The van der Waals surface area contributed by atoms with Gasteiger partial charge < -0.3 is 0 Å². The van der Waals surface area contributed by atoms with Crippen molar-refractivity contribution in [2.45, 2.75) is 32.6 Å². The lowest BCUT2D eigenvalue weighted by Crippen LogP contribution is -2.26. The SMILES string of the molecule is Cc1ccc(C(C)(Cc2ccccc2)c2ccc(C)cc2)cc1. The van der Waals surface area contributed by atoms with E-state index in [4.69, 9.17) is 0 Å². The highest BCUT2D eigenvalue weighted by Crippen LogP contribution is 2.35. The van der Waals surface area contributed by atoms with Crippen molar-refractivity contribution in [3.8, 4) is 0 Å². The number of aryl methyl sites for hydroxylation is 2. The molecule has 0 bridgehead atoms. The quantitative estimate of drug-likeness (QED) is 0.567. The molecule has 0 amide bonds. The number of hydrogen-bond donors (Lipinski definition) is 0. The zero-order valence-electron chi connectivity index (χ0n) is 14.2. The maximum absolute atomic E-state index is 2.36. The third-order valence-corrected chi connectivity index (χ3v) is 4.78. The van der Waals surface area contributed by atoms with Crippen molar-refractivity contribution in [1.82, 2.24) is 0 Å². The average Bonchev–Trinajstić information content (AvgIpc) is 2.57. The zero-order chi connectivity index (χ0) is 16.3. The number of hydrogen-bond acceptors (Lipinski definition) is 0. The van der Waals surface area contributed by atoms with E-state index in [-0.39, 0.29) is 5.41 Å². The Hall–Kier alpha value is -2.34. The van der Waals surface area contributed by atoms with Gasteiger partial charge in [-0.25, -0.2) is 0 Å². The summed E-state index contributed by atoms with van der Waals surface area (Å²) in [5, 5.41) is 0. The molecule has 0 aliphatic rings. The first kappa shape index (κ1) is 15.6. The van der Waals surface area contributed by atoms with Gasteiger partial charge in [-0.1, -0.05) is 96.9 Å². The minimum atomic E-state index is -0.0250. The summed E-state index contributed by atoms with van der Waals surface area (Å²) in [6.45, 7) is 6.64. The van der Waals surface area contributed by atoms with E-state index in [0.29, 0.717) is 0 Å². The fourth-order valence-electron chi connectivity index (χ4n) is 3.22. The lowest BCUT2D eigenvalue weighted by molar-refractivity contribution is 0.567. The van der Waals surface area contributed by atoms with Crippen LogP contribution < -0.4 is 0 Å². The number of benzene rings is 3. The Labute approximate surface area is 139 Å². The van der Waals surface area contributed by atoms with Crippen molar-refractivity contribution in [3.63, 3.8) is 0 Å². The van der Waals surface area contributed by atoms with E-state index in [1.165, 1.54) is 27.8 Å². The molecule has 0 nitrogen and oxygen atoms in total. The molecule has 0 aliphatic heterocycles. The average molecular weight is 300 g/mol. The van der Waals surface area contributed by atoms with Crippen LogP contribution in [0.25, 0.3) is 0 Å². The van der Waals surface area contributed by atoms with E-state index < -0.39 is 0 Å². The Balaban J connectivity index is 2.08. The van der Waals surface area contributed by atoms with Crippen LogP contribution in [0.1, 0.15) is 34.7 Å². The normalized spacial score (nSPS) is 11.4. The molecule has 0 spiro atoms. The van der Waals surface area contributed by atoms with E-state index in [1.54, 1.807) is 0 Å². The predicted molar refractivity (Wildman–Crippen MR) is 99.0 cm³/mol. The molecule has 0 atom stereocenters. The summed E-state index contributed by atoms with van der Waals surface area (Å²) in [7, 11) is 0. The first-order chi connectivity index (χ1) is 11.1. The van der Waals surface area contributed by atoms with Crippen LogP contribution in [0.4, 0.5) is 0 Å². The molecule has 0 N–H and O–H groups in total. The van der Waals surface area contributed by atoms with Gasteiger partial charge >= 0.3 is 0 Å². The van der Waals surface area contributed by atoms with Crippen LogP contribution in [0, 0.1) is 13.8 Å². The lowest BCUT2D eigenvalue weighted by atomic mass is 9.72. The van der Waals surface area contributed by atoms with Gasteiger partial charge in [0.25, 0.3) is 0 Å². The van der Waals surface area contributed by atoms with Crippen LogP contribution >= 0.6 is 0 Å². The Morgan fingerprint density at radius 2 is 1.04 bits per heavy atom. The third-order valence-electron chi connectivity index (χ3n) is 4.78. The zero-order valence-corrected chi connectivity index (χ0v) is 14.2. The molecule has 0 radical (unpaired) electrons. The topological polar surface area (TPSA) is 0 Å². The molecule has 0 saturated carbocycles. The van der Waals surface area contributed by atoms with E-state index >= 15 is 0 Å². The van der Waals surface area contributed by atoms with Crippen molar-refractivity contribution in [2.75, 3.05) is 0 Å². The van der Waals surface area contributed by atoms with Gasteiger partial charge in [0, 0.05) is 5.41 Å². The Kier molecular flexibility index (Phi) is 4.34. The van der Waals surface area contributed by atoms with E-state index in [2.05, 4.69) is 99.6 Å². The van der Waals surface area contributed by atoms with Crippen LogP contribution in [0.15, 0.2) is 78.9 Å². The second kappa shape index (κ2) is 6.42. The van der Waals surface area contributed by atoms with Crippen LogP contribution in [0.5, 0.6) is 0 Å². The first-order valence-corrected chi connectivity index (χ1v) is 8.26. The van der Waals surface area contributed by atoms with Gasteiger partial charge in [-0.15, -0.1) is 0 Å². The summed E-state index contributed by atoms with van der Waals surface area (Å²) in [6, 6.07) is 28.7. The fourth-order valence-corrected chi connectivity index (χ4v) is 3.22. The molecule has 0 heteroatoms. The molecular formula is C23H24. The van der Waals surface area contributed by atoms with Gasteiger partial charge in [0.15, 0.2) is 0 Å². The van der Waals surface area contributed by atoms with Gasteiger partial charge in [-0.05, 0) is 37.0 Å². The van der Waals surface area contributed by atoms with Crippen LogP contribution in [0.3, 0.4) is 0 Å². The monoisotopic (exact) mass is 300 g/mol. The fraction of sp³-hybridized carbons (Fsp3) is 0.217. The lowest BCUT2D eigenvalue weighted by Gasteiger charge is -2.31. The summed E-state index contributed by atoms with van der Waals surface area (Å²) in [4.78, 5) is 0. The smallest absolute Gasteiger partial charge is 0.0215 e. The second-order valence-corrected chi connectivity index (χ2v) is 6.73. The molecule has 23 heavy (non-hydrogen) atoms. The molecule has 116 valence electrons. The summed E-state index contributed by atoms with van der Waals surface area (Å²) in [5.41, 5.74) is 6.70. The van der Waals surface area contributed by atoms with E-state index in [0.717, 1.165) is 6.42 Å². The van der Waals surface area contributed by atoms with Crippen LogP contribution in [-0.2, 0) is 11.8 Å². The maximum atomic E-state index is 2.36. The predicted octanol–water partition coefficient (Wildman–Crippen LogP) is 5.85.